The van der Waals surface area contributed by atoms with Gasteiger partial charge in [-0.15, -0.1) is 11.3 Å². The van der Waals surface area contributed by atoms with Crippen molar-refractivity contribution in [2.45, 2.75) is 23.5 Å². The number of amides is 1. The number of halogens is 1. The van der Waals surface area contributed by atoms with Crippen LogP contribution in [0.4, 0.5) is 5.13 Å². The molecule has 2 aliphatic rings. The van der Waals surface area contributed by atoms with Crippen LogP contribution in [0.15, 0.2) is 44.4 Å². The Morgan fingerprint density at radius 2 is 2.06 bits per heavy atom. The maximum absolute atomic E-state index is 13.9. The Balaban J connectivity index is 1.35. The number of fused-ring (bicyclic) bond motifs is 1. The molecule has 1 aromatic carbocycles. The minimum Gasteiger partial charge on any atom is -0.379 e. The molecule has 2 aromatic heterocycles. The lowest BCUT2D eigenvalue weighted by Crippen LogP contribution is -2.47. The molecule has 2 aliphatic heterocycles. The Morgan fingerprint density at radius 1 is 1.22 bits per heavy atom. The second-order valence-corrected chi connectivity index (χ2v) is 14.1. The average Bonchev–Trinajstić information content (AvgIpc) is 3.58. The first-order chi connectivity index (χ1) is 17.4. The molecule has 0 aliphatic carbocycles. The number of benzene rings is 1. The molecule has 5 rings (SSSR count). The predicted molar refractivity (Wildman–Crippen MR) is 147 cm³/mol. The van der Waals surface area contributed by atoms with E-state index in [0.29, 0.717) is 35.3 Å². The molecule has 2 saturated heterocycles. The van der Waals surface area contributed by atoms with Crippen LogP contribution in [0, 0.1) is 5.92 Å². The zero-order chi connectivity index (χ0) is 25.1. The Bertz CT molecular complexity index is 1290. The molecule has 0 saturated carbocycles. The quantitative estimate of drug-likeness (QED) is 0.378. The van der Waals surface area contributed by atoms with Crippen molar-refractivity contribution in [3.8, 4) is 0 Å². The molecule has 8 nitrogen and oxygen atoms in total. The topological polar surface area (TPSA) is 83.1 Å². The van der Waals surface area contributed by atoms with Gasteiger partial charge >= 0.3 is 0 Å². The van der Waals surface area contributed by atoms with Gasteiger partial charge in [-0.05, 0) is 48.9 Å². The normalized spacial score (nSPS) is 20.1. The van der Waals surface area contributed by atoms with Crippen molar-refractivity contribution in [1.82, 2.24) is 14.2 Å². The highest BCUT2D eigenvalue weighted by atomic mass is 79.9. The summed E-state index contributed by atoms with van der Waals surface area (Å²) in [4.78, 5) is 22.9. The van der Waals surface area contributed by atoms with E-state index in [0.717, 1.165) is 54.0 Å². The van der Waals surface area contributed by atoms with Gasteiger partial charge in [-0.2, -0.15) is 4.31 Å². The molecule has 4 heterocycles. The van der Waals surface area contributed by atoms with Gasteiger partial charge in [0.25, 0.3) is 10.0 Å². The Morgan fingerprint density at radius 3 is 2.83 bits per heavy atom. The number of ether oxygens (including phenoxy) is 1. The van der Waals surface area contributed by atoms with Gasteiger partial charge in [-0.1, -0.05) is 33.3 Å². The molecule has 0 bridgehead atoms. The molecule has 1 unspecified atom stereocenters. The van der Waals surface area contributed by atoms with Crippen molar-refractivity contribution in [2.24, 2.45) is 5.92 Å². The smallest absolute Gasteiger partial charge is 0.252 e. The van der Waals surface area contributed by atoms with Gasteiger partial charge in [-0.3, -0.25) is 14.6 Å². The minimum atomic E-state index is -3.59. The average molecular weight is 614 g/mol. The summed E-state index contributed by atoms with van der Waals surface area (Å²) < 4.78 is 35.5. The third-order valence-corrected chi connectivity index (χ3v) is 11.4. The largest absolute Gasteiger partial charge is 0.379 e. The van der Waals surface area contributed by atoms with Crippen molar-refractivity contribution in [3.05, 3.63) is 40.2 Å². The lowest BCUT2D eigenvalue weighted by atomic mass is 9.98. The maximum Gasteiger partial charge on any atom is 0.252 e. The van der Waals surface area contributed by atoms with Crippen LogP contribution in [-0.2, 0) is 19.6 Å². The number of anilines is 1. The highest BCUT2D eigenvalue weighted by Crippen LogP contribution is 2.33. The molecular formula is C24H29BrN4O4S3. The number of carbonyl (C=O) groups is 1. The van der Waals surface area contributed by atoms with E-state index in [-0.39, 0.29) is 12.5 Å². The summed E-state index contributed by atoms with van der Waals surface area (Å²) in [5, 5.41) is 2.44. The SMILES string of the molecule is O=C(C1CCCN(S(=O)(=O)c2cccs2)C1)N(CCCN1CCOCC1)c1nc2ccc(Br)cc2s1. The first kappa shape index (κ1) is 26.2. The highest BCUT2D eigenvalue weighted by molar-refractivity contribution is 9.10. The zero-order valence-corrected chi connectivity index (χ0v) is 23.9. The molecule has 0 N–H and O–H groups in total. The molecule has 36 heavy (non-hydrogen) atoms. The first-order valence-electron chi connectivity index (χ1n) is 12.1. The fourth-order valence-corrected chi connectivity index (χ4v) is 8.92. The summed E-state index contributed by atoms with van der Waals surface area (Å²) in [6.07, 6.45) is 2.15. The van der Waals surface area contributed by atoms with Crippen molar-refractivity contribution in [2.75, 3.05) is 57.4 Å². The molecule has 0 spiro atoms. The van der Waals surface area contributed by atoms with E-state index in [2.05, 4.69) is 20.8 Å². The summed E-state index contributed by atoms with van der Waals surface area (Å²) in [5.41, 5.74) is 0.856. The van der Waals surface area contributed by atoms with Crippen LogP contribution in [-0.4, -0.2) is 81.0 Å². The third-order valence-electron chi connectivity index (χ3n) is 6.62. The maximum atomic E-state index is 13.9. The Hall–Kier alpha value is -1.41. The first-order valence-corrected chi connectivity index (χ1v) is 16.1. The fourth-order valence-electron chi connectivity index (χ4n) is 4.70. The van der Waals surface area contributed by atoms with E-state index in [4.69, 9.17) is 9.72 Å². The lowest BCUT2D eigenvalue weighted by Gasteiger charge is -2.34. The summed E-state index contributed by atoms with van der Waals surface area (Å²) in [5.74, 6) is -0.434. The number of carbonyl (C=O) groups excluding carboxylic acids is 1. The number of hydrogen-bond acceptors (Lipinski definition) is 8. The number of thiazole rings is 1. The zero-order valence-electron chi connectivity index (χ0n) is 19.8. The van der Waals surface area contributed by atoms with Gasteiger partial charge in [0.2, 0.25) is 5.91 Å². The standard InChI is InChI=1S/C24H29BrN4O4S3/c25-19-6-7-20-21(16-19)35-24(26-20)29(10-3-8-27-11-13-33-14-12-27)23(30)18-4-1-9-28(17-18)36(31,32)22-5-2-15-34-22/h2,5-7,15-16,18H,1,3-4,8-14,17H2. The second-order valence-electron chi connectivity index (χ2n) is 9.04. The van der Waals surface area contributed by atoms with Crippen molar-refractivity contribution < 1.29 is 17.9 Å². The van der Waals surface area contributed by atoms with E-state index in [9.17, 15) is 13.2 Å². The van der Waals surface area contributed by atoms with Gasteiger partial charge in [0, 0.05) is 43.7 Å². The number of hydrogen-bond donors (Lipinski definition) is 0. The number of sulfonamides is 1. The monoisotopic (exact) mass is 612 g/mol. The molecule has 1 atom stereocenters. The molecule has 0 radical (unpaired) electrons. The number of morpholine rings is 1. The highest BCUT2D eigenvalue weighted by Gasteiger charge is 2.36. The van der Waals surface area contributed by atoms with Crippen molar-refractivity contribution >= 4 is 69.9 Å². The minimum absolute atomic E-state index is 0.0406. The number of nitrogens with zero attached hydrogens (tertiary/aromatic N) is 4. The number of rotatable bonds is 8. The van der Waals surface area contributed by atoms with Gasteiger partial charge in [0.1, 0.15) is 4.21 Å². The number of thiophene rings is 1. The summed E-state index contributed by atoms with van der Waals surface area (Å²) in [7, 11) is -3.59. The van der Waals surface area contributed by atoms with Gasteiger partial charge in [-0.25, -0.2) is 13.4 Å². The van der Waals surface area contributed by atoms with Crippen LogP contribution >= 0.6 is 38.6 Å². The molecule has 194 valence electrons. The third kappa shape index (κ3) is 5.85. The molecule has 12 heteroatoms. The molecule has 2 fully saturated rings. The fraction of sp³-hybridized carbons (Fsp3) is 0.500. The van der Waals surface area contributed by atoms with Crippen LogP contribution in [0.1, 0.15) is 19.3 Å². The number of piperidine rings is 1. The van der Waals surface area contributed by atoms with Crippen molar-refractivity contribution in [1.29, 1.82) is 0 Å². The summed E-state index contributed by atoms with van der Waals surface area (Å²) in [6.45, 7) is 5.37. The van der Waals surface area contributed by atoms with Crippen LogP contribution in [0.3, 0.4) is 0 Å². The summed E-state index contributed by atoms with van der Waals surface area (Å²) >= 11 is 6.23. The van der Waals surface area contributed by atoms with Crippen LogP contribution in [0.2, 0.25) is 0 Å². The lowest BCUT2D eigenvalue weighted by molar-refractivity contribution is -0.123. The molecule has 3 aromatic rings. The van der Waals surface area contributed by atoms with Gasteiger partial charge in [0.05, 0.1) is 29.3 Å². The van der Waals surface area contributed by atoms with E-state index in [1.807, 2.05) is 18.2 Å². The Labute approximate surface area is 228 Å². The van der Waals surface area contributed by atoms with Crippen LogP contribution < -0.4 is 4.90 Å². The van der Waals surface area contributed by atoms with Crippen LogP contribution in [0.5, 0.6) is 0 Å². The van der Waals surface area contributed by atoms with E-state index in [1.54, 1.807) is 22.4 Å². The van der Waals surface area contributed by atoms with E-state index < -0.39 is 15.9 Å². The van der Waals surface area contributed by atoms with E-state index in [1.165, 1.54) is 27.0 Å². The van der Waals surface area contributed by atoms with Crippen molar-refractivity contribution in [3.63, 3.8) is 0 Å². The second kappa shape index (κ2) is 11.5. The molecular weight excluding hydrogens is 584 g/mol. The van der Waals surface area contributed by atoms with Crippen LogP contribution in [0.25, 0.3) is 10.2 Å². The predicted octanol–water partition coefficient (Wildman–Crippen LogP) is 4.28. The van der Waals surface area contributed by atoms with Gasteiger partial charge in [0.15, 0.2) is 5.13 Å². The summed E-state index contributed by atoms with van der Waals surface area (Å²) in [6, 6.07) is 9.29. The van der Waals surface area contributed by atoms with E-state index >= 15 is 0 Å². The number of aromatic nitrogens is 1. The van der Waals surface area contributed by atoms with Gasteiger partial charge < -0.3 is 4.74 Å². The Kier molecular flexibility index (Phi) is 8.40. The molecule has 1 amide bonds.